The molecule has 6 aromatic carbocycles. The van der Waals surface area contributed by atoms with Gasteiger partial charge in [0.15, 0.2) is 5.71 Å². The molecule has 2 aliphatic heterocycles. The van der Waals surface area contributed by atoms with Crippen LogP contribution in [0.2, 0.25) is 0 Å². The molecular weight excluding hydrogens is 1100 g/mol. The Bertz CT molecular complexity index is 3530. The van der Waals surface area contributed by atoms with E-state index in [9.17, 15) is 14.7 Å². The smallest absolute Gasteiger partial charge is 0.357 e. The fraction of sp³-hybridized carbons (Fsp3) is 0.405. The van der Waals surface area contributed by atoms with Gasteiger partial charge >= 0.3 is 5.97 Å². The number of thiophene rings is 1. The van der Waals surface area contributed by atoms with E-state index in [1.54, 1.807) is 23.9 Å². The molecule has 1 amide bonds. The highest BCUT2D eigenvalue weighted by Crippen LogP contribution is 2.58. The molecule has 0 spiro atoms. The van der Waals surface area contributed by atoms with Crippen LogP contribution in [0.4, 0.5) is 22.7 Å². The summed E-state index contributed by atoms with van der Waals surface area (Å²) in [5.74, 6) is -1.58. The Labute approximate surface area is 528 Å². The van der Waals surface area contributed by atoms with Crippen LogP contribution in [-0.2, 0) is 26.8 Å². The fourth-order valence-corrected chi connectivity index (χ4v) is 17.7. The van der Waals surface area contributed by atoms with Crippen LogP contribution in [0.25, 0.3) is 37.6 Å². The molecule has 0 fully saturated rings. The molecule has 6 nitrogen and oxygen atoms in total. The van der Waals surface area contributed by atoms with Gasteiger partial charge in [-0.15, -0.1) is 23.1 Å². The molecular formula is C79H91N3O3S2. The second-order valence-electron chi connectivity index (χ2n) is 25.2. The molecule has 1 aromatic heterocycles. The van der Waals surface area contributed by atoms with E-state index in [-0.39, 0.29) is 27.4 Å². The first-order chi connectivity index (χ1) is 42.6. The number of aliphatic carboxylic acids is 1. The lowest BCUT2D eigenvalue weighted by Gasteiger charge is -2.35. The number of unbranched alkanes of at least 4 members (excludes halogenated alkanes) is 10. The number of thioether (sulfide) groups is 1. The zero-order valence-electron chi connectivity index (χ0n) is 52.7. The van der Waals surface area contributed by atoms with Crippen LogP contribution in [0.1, 0.15) is 215 Å². The standard InChI is InChI=1S/C79H91N3O3S2/c1-7-13-19-22-30-56-50-62(54-67-73(77(84)85)80-82(76(67)83)59-32-24-21-25-33-59)86-75(56)72-51-57(31-23-20-14-8-2)74(87-72)55-38-40-58(41-39-55)81(60-42-44-65-63-34-26-28-36-68(63)78(46-15-9-3,47-16-10-4)70(65)52-60)61-43-45-66-64-35-27-29-37-69(64)79(48-17-11-5,49-18-12-6)71(66)53-61/h21,24-29,32-45,51-54,62H,7-20,22-23,30-31,46-50H2,1-6H3,(H,84,85)/b67-54-. The third kappa shape index (κ3) is 12.4. The van der Waals surface area contributed by atoms with E-state index in [0.717, 1.165) is 63.5 Å². The van der Waals surface area contributed by atoms with Gasteiger partial charge in [0.25, 0.3) is 5.91 Å². The number of carboxylic acid groups (broad SMARTS) is 1. The summed E-state index contributed by atoms with van der Waals surface area (Å²) in [5, 5.41) is 15.9. The van der Waals surface area contributed by atoms with Crippen molar-refractivity contribution in [3.05, 3.63) is 196 Å². The minimum Gasteiger partial charge on any atom is -0.476 e. The highest BCUT2D eigenvalue weighted by molar-refractivity contribution is 8.09. The van der Waals surface area contributed by atoms with Crippen molar-refractivity contribution >= 4 is 68.3 Å². The van der Waals surface area contributed by atoms with Crippen molar-refractivity contribution < 1.29 is 14.7 Å². The van der Waals surface area contributed by atoms with Gasteiger partial charge in [0.1, 0.15) is 0 Å². The molecule has 2 aliphatic carbocycles. The summed E-state index contributed by atoms with van der Waals surface area (Å²) in [6, 6.07) is 54.8. The van der Waals surface area contributed by atoms with E-state index in [4.69, 9.17) is 0 Å². The number of carbonyl (C=O) groups excluding carboxylic acids is 1. The lowest BCUT2D eigenvalue weighted by Crippen LogP contribution is -2.26. The van der Waals surface area contributed by atoms with Crippen molar-refractivity contribution in [1.29, 1.82) is 0 Å². The van der Waals surface area contributed by atoms with Crippen molar-refractivity contribution in [2.24, 2.45) is 5.10 Å². The van der Waals surface area contributed by atoms with Gasteiger partial charge in [-0.25, -0.2) is 4.79 Å². The summed E-state index contributed by atoms with van der Waals surface area (Å²) in [5.41, 5.74) is 19.6. The molecule has 0 radical (unpaired) electrons. The molecule has 0 saturated heterocycles. The van der Waals surface area contributed by atoms with E-state index in [1.807, 2.05) is 35.6 Å². The van der Waals surface area contributed by atoms with Crippen molar-refractivity contribution in [2.45, 2.75) is 205 Å². The molecule has 3 heterocycles. The first kappa shape index (κ1) is 61.9. The molecule has 8 heteroatoms. The Morgan fingerprint density at radius 1 is 0.563 bits per heavy atom. The molecule has 1 atom stereocenters. The third-order valence-electron chi connectivity index (χ3n) is 19.4. The molecule has 0 saturated carbocycles. The topological polar surface area (TPSA) is 73.2 Å². The number of aryl methyl sites for hydroxylation is 1. The normalized spacial score (nSPS) is 16.6. The minimum absolute atomic E-state index is 0.0462. The second kappa shape index (κ2) is 28.2. The summed E-state index contributed by atoms with van der Waals surface area (Å²) >= 11 is 3.71. The number of hydrogen-bond donors (Lipinski definition) is 1. The Balaban J connectivity index is 1.02. The first-order valence-corrected chi connectivity index (χ1v) is 35.2. The van der Waals surface area contributed by atoms with Gasteiger partial charge < -0.3 is 10.0 Å². The zero-order chi connectivity index (χ0) is 60.5. The Hall–Kier alpha value is -6.74. The number of rotatable bonds is 30. The predicted octanol–water partition coefficient (Wildman–Crippen LogP) is 22.9. The van der Waals surface area contributed by atoms with Crippen molar-refractivity contribution in [3.8, 4) is 32.7 Å². The van der Waals surface area contributed by atoms with Crippen LogP contribution >= 0.6 is 23.1 Å². The van der Waals surface area contributed by atoms with Crippen LogP contribution in [0.3, 0.4) is 0 Å². The second-order valence-corrected chi connectivity index (χ2v) is 27.5. The maximum atomic E-state index is 14.1. The van der Waals surface area contributed by atoms with Crippen molar-refractivity contribution in [2.75, 3.05) is 9.91 Å². The van der Waals surface area contributed by atoms with Crippen LogP contribution < -0.4 is 9.91 Å². The van der Waals surface area contributed by atoms with Crippen molar-refractivity contribution in [1.82, 2.24) is 0 Å². The highest BCUT2D eigenvalue weighted by atomic mass is 32.2. The minimum atomic E-state index is -1.19. The van der Waals surface area contributed by atoms with Gasteiger partial charge in [-0.05, 0) is 168 Å². The number of carbonyl (C=O) groups is 2. The van der Waals surface area contributed by atoms with Crippen molar-refractivity contribution in [3.63, 3.8) is 0 Å². The summed E-state index contributed by atoms with van der Waals surface area (Å²) in [7, 11) is 0. The molecule has 4 aliphatic rings. The first-order valence-electron chi connectivity index (χ1n) is 33.5. The van der Waals surface area contributed by atoms with Gasteiger partial charge in [0.05, 0.1) is 11.3 Å². The lowest BCUT2D eigenvalue weighted by molar-refractivity contribution is -0.129. The number of amides is 1. The van der Waals surface area contributed by atoms with Gasteiger partial charge in [-0.3, -0.25) is 4.79 Å². The molecule has 1 unspecified atom stereocenters. The molecule has 452 valence electrons. The average Bonchev–Trinajstić information content (AvgIpc) is 1.63. The van der Waals surface area contributed by atoms with Gasteiger partial charge in [-0.2, -0.15) is 10.1 Å². The number of anilines is 4. The molecule has 7 aromatic rings. The summed E-state index contributed by atoms with van der Waals surface area (Å²) in [6.45, 7) is 13.9. The Morgan fingerprint density at radius 2 is 1.06 bits per heavy atom. The fourth-order valence-electron chi connectivity index (χ4n) is 14.9. The Morgan fingerprint density at radius 3 is 1.59 bits per heavy atom. The van der Waals surface area contributed by atoms with E-state index in [2.05, 4.69) is 167 Å². The van der Waals surface area contributed by atoms with E-state index in [1.165, 1.54) is 182 Å². The van der Waals surface area contributed by atoms with Crippen LogP contribution in [-0.4, -0.2) is 27.9 Å². The summed E-state index contributed by atoms with van der Waals surface area (Å²) in [4.78, 5) is 33.3. The predicted molar refractivity (Wildman–Crippen MR) is 372 cm³/mol. The number of carboxylic acids is 1. The maximum Gasteiger partial charge on any atom is 0.357 e. The molecule has 11 rings (SSSR count). The largest absolute Gasteiger partial charge is 0.476 e. The van der Waals surface area contributed by atoms with E-state index < -0.39 is 11.9 Å². The number of nitrogens with zero attached hydrogens (tertiary/aromatic N) is 3. The van der Waals surface area contributed by atoms with E-state index in [0.29, 0.717) is 5.69 Å². The third-order valence-corrected chi connectivity index (χ3v) is 22.1. The number of benzene rings is 6. The monoisotopic (exact) mass is 1190 g/mol. The lowest BCUT2D eigenvalue weighted by atomic mass is 9.70. The number of hydrazone groups is 1. The molecule has 0 bridgehead atoms. The highest BCUT2D eigenvalue weighted by Gasteiger charge is 2.45. The zero-order valence-corrected chi connectivity index (χ0v) is 54.3. The average molecular weight is 1190 g/mol. The van der Waals surface area contributed by atoms with Gasteiger partial charge in [-0.1, -0.05) is 234 Å². The van der Waals surface area contributed by atoms with Crippen LogP contribution in [0, 0.1) is 0 Å². The number of fused-ring (bicyclic) bond motifs is 6. The molecule has 87 heavy (non-hydrogen) atoms. The molecule has 1 N–H and O–H groups in total. The quantitative estimate of drug-likeness (QED) is 0.0359. The van der Waals surface area contributed by atoms with Gasteiger partial charge in [0, 0.05) is 47.8 Å². The van der Waals surface area contributed by atoms with Crippen LogP contribution in [0.5, 0.6) is 0 Å². The summed E-state index contributed by atoms with van der Waals surface area (Å²) < 4.78 is 0. The number of hydrogen-bond acceptors (Lipinski definition) is 6. The number of allylic oxidation sites excluding steroid dienone is 1. The summed E-state index contributed by atoms with van der Waals surface area (Å²) in [6.07, 6.45) is 28.0. The number of para-hydroxylation sites is 1. The van der Waals surface area contributed by atoms with Gasteiger partial charge in [0.2, 0.25) is 0 Å². The maximum absolute atomic E-state index is 14.1. The SMILES string of the molecule is CCCCCCC1=C(c2cc(CCCCCC)c(-c3ccc(N(c4ccc5c(c4)C(CCCC)(CCCC)c4ccccc4-5)c4ccc5c(c4)C(CCCC)(CCCC)c4ccccc4-5)cc3)s2)SC(/C=C2\C(=O)N(c3ccccc3)N=C2C(=O)O)C1. The van der Waals surface area contributed by atoms with E-state index >= 15 is 0 Å². The Kier molecular flexibility index (Phi) is 20.0. The van der Waals surface area contributed by atoms with Crippen LogP contribution in [0.15, 0.2) is 168 Å².